The number of hydrogen-bond acceptors (Lipinski definition) is 5. The molecular formula is C20H20N4OS. The highest BCUT2D eigenvalue weighted by molar-refractivity contribution is 7.18. The van der Waals surface area contributed by atoms with Gasteiger partial charge in [0.15, 0.2) is 5.13 Å². The first kappa shape index (κ1) is 16.8. The summed E-state index contributed by atoms with van der Waals surface area (Å²) in [5.41, 5.74) is 4.84. The van der Waals surface area contributed by atoms with Crippen LogP contribution in [0.3, 0.4) is 0 Å². The van der Waals surface area contributed by atoms with Crippen LogP contribution in [0.4, 0.5) is 5.13 Å². The first-order chi connectivity index (χ1) is 12.7. The standard InChI is InChI=1S/C20H20N4OS/c1-13(2)23-20-22-10-18(26-20)15-9-17(19-21-7-8-24(19)11-15)16-6-4-3-5-14(16)12-25/h3-11,13,25H,12H2,1-2H3,(H,22,23). The molecule has 6 heteroatoms. The van der Waals surface area contributed by atoms with Gasteiger partial charge in [-0.05, 0) is 31.0 Å². The van der Waals surface area contributed by atoms with E-state index >= 15 is 0 Å². The number of fused-ring (bicyclic) bond motifs is 1. The van der Waals surface area contributed by atoms with E-state index in [2.05, 4.69) is 41.4 Å². The SMILES string of the molecule is CC(C)Nc1ncc(-c2cc(-c3ccccc3CO)c3nccn3c2)s1. The molecule has 0 radical (unpaired) electrons. The molecule has 0 unspecified atom stereocenters. The van der Waals surface area contributed by atoms with Crippen LogP contribution in [0.25, 0.3) is 27.2 Å². The highest BCUT2D eigenvalue weighted by atomic mass is 32.1. The number of benzene rings is 1. The molecule has 0 amide bonds. The molecule has 132 valence electrons. The van der Waals surface area contributed by atoms with Crippen molar-refractivity contribution in [2.45, 2.75) is 26.5 Å². The quantitative estimate of drug-likeness (QED) is 0.550. The zero-order valence-electron chi connectivity index (χ0n) is 14.7. The van der Waals surface area contributed by atoms with Crippen molar-refractivity contribution in [2.75, 3.05) is 5.32 Å². The summed E-state index contributed by atoms with van der Waals surface area (Å²) in [5.74, 6) is 0. The average molecular weight is 364 g/mol. The van der Waals surface area contributed by atoms with Crippen molar-refractivity contribution in [1.29, 1.82) is 0 Å². The number of hydrogen-bond donors (Lipinski definition) is 2. The Balaban J connectivity index is 1.86. The van der Waals surface area contributed by atoms with E-state index in [4.69, 9.17) is 0 Å². The molecule has 0 saturated carbocycles. The van der Waals surface area contributed by atoms with Gasteiger partial charge < -0.3 is 14.8 Å². The van der Waals surface area contributed by atoms with Gasteiger partial charge in [0.25, 0.3) is 0 Å². The van der Waals surface area contributed by atoms with E-state index < -0.39 is 0 Å². The molecule has 2 N–H and O–H groups in total. The van der Waals surface area contributed by atoms with Crippen LogP contribution in [0.15, 0.2) is 55.1 Å². The fourth-order valence-corrected chi connectivity index (χ4v) is 3.95. The van der Waals surface area contributed by atoms with Crippen molar-refractivity contribution >= 4 is 22.1 Å². The number of anilines is 1. The minimum Gasteiger partial charge on any atom is -0.392 e. The van der Waals surface area contributed by atoms with E-state index in [-0.39, 0.29) is 6.61 Å². The van der Waals surface area contributed by atoms with Gasteiger partial charge >= 0.3 is 0 Å². The second-order valence-corrected chi connectivity index (χ2v) is 7.48. The molecule has 0 aliphatic carbocycles. The molecule has 4 rings (SSSR count). The van der Waals surface area contributed by atoms with Gasteiger partial charge in [0.2, 0.25) is 0 Å². The third kappa shape index (κ3) is 3.09. The van der Waals surface area contributed by atoms with Gasteiger partial charge in [-0.3, -0.25) is 0 Å². The van der Waals surface area contributed by atoms with Crippen LogP contribution in [-0.4, -0.2) is 25.5 Å². The number of aliphatic hydroxyl groups is 1. The maximum absolute atomic E-state index is 9.73. The predicted octanol–water partition coefficient (Wildman–Crippen LogP) is 4.44. The van der Waals surface area contributed by atoms with E-state index in [0.29, 0.717) is 6.04 Å². The summed E-state index contributed by atoms with van der Waals surface area (Å²) in [7, 11) is 0. The lowest BCUT2D eigenvalue weighted by Gasteiger charge is -2.11. The summed E-state index contributed by atoms with van der Waals surface area (Å²) in [5, 5.41) is 14.0. The number of aliphatic hydroxyl groups excluding tert-OH is 1. The Kier molecular flexibility index (Phi) is 4.44. The van der Waals surface area contributed by atoms with Gasteiger partial charge in [0, 0.05) is 42.0 Å². The summed E-state index contributed by atoms with van der Waals surface area (Å²) in [6.07, 6.45) is 7.70. The van der Waals surface area contributed by atoms with Crippen LogP contribution in [-0.2, 0) is 6.61 Å². The molecule has 0 spiro atoms. The topological polar surface area (TPSA) is 62.5 Å². The van der Waals surface area contributed by atoms with E-state index in [9.17, 15) is 5.11 Å². The predicted molar refractivity (Wildman–Crippen MR) is 106 cm³/mol. The van der Waals surface area contributed by atoms with Crippen molar-refractivity contribution < 1.29 is 5.11 Å². The summed E-state index contributed by atoms with van der Waals surface area (Å²) in [4.78, 5) is 10.1. The molecule has 3 aromatic heterocycles. The van der Waals surface area contributed by atoms with Gasteiger partial charge in [-0.1, -0.05) is 35.6 Å². The zero-order valence-corrected chi connectivity index (χ0v) is 15.5. The molecule has 0 bridgehead atoms. The second kappa shape index (κ2) is 6.90. The van der Waals surface area contributed by atoms with Gasteiger partial charge in [-0.25, -0.2) is 9.97 Å². The van der Waals surface area contributed by atoms with Crippen LogP contribution >= 0.6 is 11.3 Å². The Hall–Kier alpha value is -2.70. The molecule has 3 heterocycles. The number of thiazole rings is 1. The maximum Gasteiger partial charge on any atom is 0.183 e. The monoisotopic (exact) mass is 364 g/mol. The molecule has 0 aliphatic rings. The fraction of sp³-hybridized carbons (Fsp3) is 0.200. The number of nitrogens with zero attached hydrogens (tertiary/aromatic N) is 3. The van der Waals surface area contributed by atoms with Gasteiger partial charge in [-0.15, -0.1) is 0 Å². The normalized spacial score (nSPS) is 11.4. The Bertz CT molecular complexity index is 1050. The van der Waals surface area contributed by atoms with Crippen LogP contribution < -0.4 is 5.32 Å². The molecule has 0 atom stereocenters. The van der Waals surface area contributed by atoms with Gasteiger partial charge in [0.05, 0.1) is 11.5 Å². The Morgan fingerprint density at radius 1 is 1.19 bits per heavy atom. The molecule has 26 heavy (non-hydrogen) atoms. The van der Waals surface area contributed by atoms with Crippen LogP contribution in [0.1, 0.15) is 19.4 Å². The molecular weight excluding hydrogens is 344 g/mol. The van der Waals surface area contributed by atoms with Crippen LogP contribution in [0, 0.1) is 0 Å². The van der Waals surface area contributed by atoms with Crippen molar-refractivity contribution in [1.82, 2.24) is 14.4 Å². The fourth-order valence-electron chi connectivity index (χ4n) is 3.01. The summed E-state index contributed by atoms with van der Waals surface area (Å²) in [6, 6.07) is 10.4. The number of nitrogens with one attached hydrogen (secondary N) is 1. The molecule has 4 aromatic rings. The number of pyridine rings is 1. The molecule has 5 nitrogen and oxygen atoms in total. The molecule has 0 aliphatic heterocycles. The lowest BCUT2D eigenvalue weighted by atomic mass is 9.99. The van der Waals surface area contributed by atoms with Crippen LogP contribution in [0.2, 0.25) is 0 Å². The lowest BCUT2D eigenvalue weighted by molar-refractivity contribution is 0.282. The minimum atomic E-state index is -0.00369. The molecule has 1 aromatic carbocycles. The zero-order chi connectivity index (χ0) is 18.1. The van der Waals surface area contributed by atoms with Crippen molar-refractivity contribution in [3.05, 3.63) is 60.7 Å². The van der Waals surface area contributed by atoms with Crippen molar-refractivity contribution in [3.8, 4) is 21.6 Å². The van der Waals surface area contributed by atoms with E-state index in [1.807, 2.05) is 41.1 Å². The number of aromatic nitrogens is 3. The number of rotatable bonds is 5. The highest BCUT2D eigenvalue weighted by Gasteiger charge is 2.14. The third-order valence-electron chi connectivity index (χ3n) is 4.17. The third-order valence-corrected chi connectivity index (χ3v) is 5.15. The average Bonchev–Trinajstić information content (AvgIpc) is 3.29. The highest BCUT2D eigenvalue weighted by Crippen LogP contribution is 2.35. The van der Waals surface area contributed by atoms with Crippen LogP contribution in [0.5, 0.6) is 0 Å². The van der Waals surface area contributed by atoms with Gasteiger partial charge in [0.1, 0.15) is 5.65 Å². The Morgan fingerprint density at radius 3 is 2.85 bits per heavy atom. The summed E-state index contributed by atoms with van der Waals surface area (Å²) >= 11 is 1.63. The second-order valence-electron chi connectivity index (χ2n) is 6.44. The Labute approximate surface area is 156 Å². The molecule has 0 saturated heterocycles. The van der Waals surface area contributed by atoms with E-state index in [0.717, 1.165) is 37.9 Å². The Morgan fingerprint density at radius 2 is 2.04 bits per heavy atom. The van der Waals surface area contributed by atoms with E-state index in [1.165, 1.54) is 0 Å². The van der Waals surface area contributed by atoms with Crippen molar-refractivity contribution in [3.63, 3.8) is 0 Å². The summed E-state index contributed by atoms with van der Waals surface area (Å²) < 4.78 is 2.02. The number of imidazole rings is 1. The van der Waals surface area contributed by atoms with Crippen molar-refractivity contribution in [2.24, 2.45) is 0 Å². The lowest BCUT2D eigenvalue weighted by Crippen LogP contribution is -2.08. The van der Waals surface area contributed by atoms with E-state index in [1.54, 1.807) is 17.5 Å². The maximum atomic E-state index is 9.73. The largest absolute Gasteiger partial charge is 0.392 e. The first-order valence-electron chi connectivity index (χ1n) is 8.54. The summed E-state index contributed by atoms with van der Waals surface area (Å²) in [6.45, 7) is 4.20. The molecule has 0 fully saturated rings. The first-order valence-corrected chi connectivity index (χ1v) is 9.36. The smallest absolute Gasteiger partial charge is 0.183 e. The van der Waals surface area contributed by atoms with Gasteiger partial charge in [-0.2, -0.15) is 0 Å². The minimum absolute atomic E-state index is 0.00369.